The first-order valence-corrected chi connectivity index (χ1v) is 6.48. The number of rotatable bonds is 3. The van der Waals surface area contributed by atoms with Gasteiger partial charge in [0.05, 0.1) is 18.6 Å². The molecule has 0 aliphatic carbocycles. The molecule has 0 saturated heterocycles. The molecule has 1 unspecified atom stereocenters. The maximum atomic E-state index is 11.6. The summed E-state index contributed by atoms with van der Waals surface area (Å²) in [6.07, 6.45) is 0.946. The molecule has 104 valence electrons. The summed E-state index contributed by atoms with van der Waals surface area (Å²) in [5.41, 5.74) is 1.45. The molecule has 4 heteroatoms. The molecule has 2 rings (SSSR count). The zero-order valence-electron chi connectivity index (χ0n) is 11.9. The second-order valence-electron chi connectivity index (χ2n) is 5.72. The first-order chi connectivity index (χ1) is 8.87. The molecule has 0 saturated carbocycles. The SMILES string of the molecule is COc1ccc2c(c1)C(C(C)(C)C(=O)O)N(C)CC2. The number of carbonyl (C=O) groups is 1. The van der Waals surface area contributed by atoms with Gasteiger partial charge in [0.25, 0.3) is 0 Å². The fourth-order valence-electron chi connectivity index (χ4n) is 2.90. The van der Waals surface area contributed by atoms with Gasteiger partial charge in [0, 0.05) is 6.54 Å². The van der Waals surface area contributed by atoms with Gasteiger partial charge in [-0.05, 0) is 50.6 Å². The van der Waals surface area contributed by atoms with E-state index >= 15 is 0 Å². The van der Waals surface area contributed by atoms with E-state index in [0.717, 1.165) is 24.3 Å². The molecule has 19 heavy (non-hydrogen) atoms. The van der Waals surface area contributed by atoms with Gasteiger partial charge >= 0.3 is 5.97 Å². The highest BCUT2D eigenvalue weighted by Gasteiger charge is 2.42. The van der Waals surface area contributed by atoms with Crippen LogP contribution in [0.15, 0.2) is 18.2 Å². The van der Waals surface area contributed by atoms with Crippen molar-refractivity contribution in [2.75, 3.05) is 20.7 Å². The van der Waals surface area contributed by atoms with Crippen molar-refractivity contribution in [2.45, 2.75) is 26.3 Å². The minimum atomic E-state index is -0.837. The third-order valence-electron chi connectivity index (χ3n) is 4.06. The van der Waals surface area contributed by atoms with Crippen molar-refractivity contribution < 1.29 is 14.6 Å². The van der Waals surface area contributed by atoms with Gasteiger partial charge in [-0.3, -0.25) is 9.69 Å². The monoisotopic (exact) mass is 263 g/mol. The number of carboxylic acid groups (broad SMARTS) is 1. The van der Waals surface area contributed by atoms with Crippen molar-refractivity contribution in [3.05, 3.63) is 29.3 Å². The van der Waals surface area contributed by atoms with Crippen LogP contribution in [0.4, 0.5) is 0 Å². The van der Waals surface area contributed by atoms with E-state index in [-0.39, 0.29) is 6.04 Å². The molecule has 0 fully saturated rings. The van der Waals surface area contributed by atoms with Crippen molar-refractivity contribution in [1.29, 1.82) is 0 Å². The molecule has 1 aromatic carbocycles. The van der Waals surface area contributed by atoms with Crippen LogP contribution in [0, 0.1) is 5.41 Å². The standard InChI is InChI=1S/C15H21NO3/c1-15(2,14(17)18)13-12-9-11(19-4)6-5-10(12)7-8-16(13)3/h5-6,9,13H,7-8H2,1-4H3,(H,17,18). The molecule has 1 atom stereocenters. The lowest BCUT2D eigenvalue weighted by atomic mass is 9.76. The zero-order valence-corrected chi connectivity index (χ0v) is 11.9. The highest BCUT2D eigenvalue weighted by Crippen LogP contribution is 2.43. The Morgan fingerprint density at radius 2 is 2.16 bits per heavy atom. The number of carboxylic acids is 1. The molecule has 1 aromatic rings. The third-order valence-corrected chi connectivity index (χ3v) is 4.06. The Kier molecular flexibility index (Phi) is 3.54. The average molecular weight is 263 g/mol. The normalized spacial score (nSPS) is 19.9. The topological polar surface area (TPSA) is 49.8 Å². The molecule has 1 aliphatic rings. The largest absolute Gasteiger partial charge is 0.497 e. The number of hydrogen-bond donors (Lipinski definition) is 1. The number of ether oxygens (including phenoxy) is 1. The fraction of sp³-hybridized carbons (Fsp3) is 0.533. The Hall–Kier alpha value is -1.55. The van der Waals surface area contributed by atoms with Crippen LogP contribution in [0.1, 0.15) is 31.0 Å². The maximum Gasteiger partial charge on any atom is 0.311 e. The van der Waals surface area contributed by atoms with E-state index in [4.69, 9.17) is 4.74 Å². The number of aliphatic carboxylic acids is 1. The van der Waals surface area contributed by atoms with Gasteiger partial charge in [-0.2, -0.15) is 0 Å². The van der Waals surface area contributed by atoms with Crippen LogP contribution in [-0.2, 0) is 11.2 Å². The summed E-state index contributed by atoms with van der Waals surface area (Å²) in [6.45, 7) is 4.44. The maximum absolute atomic E-state index is 11.6. The Bertz CT molecular complexity index is 496. The Labute approximate surface area is 114 Å². The van der Waals surface area contributed by atoms with Crippen LogP contribution in [0.25, 0.3) is 0 Å². The van der Waals surface area contributed by atoms with E-state index in [1.807, 2.05) is 25.2 Å². The summed E-state index contributed by atoms with van der Waals surface area (Å²) in [4.78, 5) is 13.7. The van der Waals surface area contributed by atoms with E-state index < -0.39 is 11.4 Å². The lowest BCUT2D eigenvalue weighted by molar-refractivity contribution is -0.151. The van der Waals surface area contributed by atoms with Gasteiger partial charge < -0.3 is 9.84 Å². The lowest BCUT2D eigenvalue weighted by Crippen LogP contribution is -2.44. The zero-order chi connectivity index (χ0) is 14.2. The Balaban J connectivity index is 2.53. The molecule has 0 bridgehead atoms. The first-order valence-electron chi connectivity index (χ1n) is 6.48. The van der Waals surface area contributed by atoms with E-state index in [2.05, 4.69) is 4.90 Å². The summed E-state index contributed by atoms with van der Waals surface area (Å²) < 4.78 is 5.27. The van der Waals surface area contributed by atoms with Crippen molar-refractivity contribution >= 4 is 5.97 Å². The van der Waals surface area contributed by atoms with Gasteiger partial charge in [0.1, 0.15) is 5.75 Å². The predicted molar refractivity (Wildman–Crippen MR) is 73.5 cm³/mol. The molecular weight excluding hydrogens is 242 g/mol. The van der Waals surface area contributed by atoms with Gasteiger partial charge in [-0.25, -0.2) is 0 Å². The molecule has 0 amide bonds. The summed E-state index contributed by atoms with van der Waals surface area (Å²) in [6, 6.07) is 5.82. The molecule has 1 heterocycles. The third kappa shape index (κ3) is 2.32. The number of fused-ring (bicyclic) bond motifs is 1. The minimum absolute atomic E-state index is 0.135. The number of nitrogens with zero attached hydrogens (tertiary/aromatic N) is 1. The van der Waals surface area contributed by atoms with E-state index in [1.54, 1.807) is 21.0 Å². The summed E-state index contributed by atoms with van der Waals surface area (Å²) in [7, 11) is 3.61. The van der Waals surface area contributed by atoms with Crippen LogP contribution in [0.3, 0.4) is 0 Å². The van der Waals surface area contributed by atoms with Crippen LogP contribution in [0.5, 0.6) is 5.75 Å². The second kappa shape index (κ2) is 4.85. The molecule has 4 nitrogen and oxygen atoms in total. The predicted octanol–water partition coefficient (Wildman–Crippen LogP) is 2.33. The number of benzene rings is 1. The molecular formula is C15H21NO3. The highest BCUT2D eigenvalue weighted by molar-refractivity contribution is 5.75. The summed E-state index contributed by atoms with van der Waals surface area (Å²) >= 11 is 0. The van der Waals surface area contributed by atoms with E-state index in [1.165, 1.54) is 5.56 Å². The molecule has 1 aliphatic heterocycles. The summed E-state index contributed by atoms with van der Waals surface area (Å²) in [5, 5.41) is 9.51. The second-order valence-corrected chi connectivity index (χ2v) is 5.72. The van der Waals surface area contributed by atoms with Crippen molar-refractivity contribution in [3.63, 3.8) is 0 Å². The van der Waals surface area contributed by atoms with E-state index in [0.29, 0.717) is 0 Å². The summed E-state index contributed by atoms with van der Waals surface area (Å²) in [5.74, 6) is 0.000240. The lowest BCUT2D eigenvalue weighted by Gasteiger charge is -2.42. The molecule has 0 radical (unpaired) electrons. The van der Waals surface area contributed by atoms with Crippen molar-refractivity contribution in [2.24, 2.45) is 5.41 Å². The van der Waals surface area contributed by atoms with Crippen LogP contribution in [0.2, 0.25) is 0 Å². The van der Waals surface area contributed by atoms with Gasteiger partial charge in [-0.1, -0.05) is 6.07 Å². The molecule has 1 N–H and O–H groups in total. The van der Waals surface area contributed by atoms with Crippen molar-refractivity contribution in [1.82, 2.24) is 4.90 Å². The first kappa shape index (κ1) is 13.9. The number of likely N-dealkylation sites (N-methyl/N-ethyl adjacent to an activating group) is 1. The highest BCUT2D eigenvalue weighted by atomic mass is 16.5. The smallest absolute Gasteiger partial charge is 0.311 e. The van der Waals surface area contributed by atoms with Gasteiger partial charge in [-0.15, -0.1) is 0 Å². The molecule has 0 aromatic heterocycles. The minimum Gasteiger partial charge on any atom is -0.497 e. The van der Waals surface area contributed by atoms with Crippen LogP contribution < -0.4 is 4.74 Å². The number of hydrogen-bond acceptors (Lipinski definition) is 3. The van der Waals surface area contributed by atoms with Crippen LogP contribution in [-0.4, -0.2) is 36.7 Å². The molecule has 0 spiro atoms. The van der Waals surface area contributed by atoms with Gasteiger partial charge in [0.15, 0.2) is 0 Å². The van der Waals surface area contributed by atoms with Gasteiger partial charge in [0.2, 0.25) is 0 Å². The van der Waals surface area contributed by atoms with E-state index in [9.17, 15) is 9.90 Å². The van der Waals surface area contributed by atoms with Crippen molar-refractivity contribution in [3.8, 4) is 5.75 Å². The quantitative estimate of drug-likeness (QED) is 0.909. The Morgan fingerprint density at radius 1 is 1.47 bits per heavy atom. The van der Waals surface area contributed by atoms with Crippen LogP contribution >= 0.6 is 0 Å². The average Bonchev–Trinajstić information content (AvgIpc) is 2.37. The fourth-order valence-corrected chi connectivity index (χ4v) is 2.90. The Morgan fingerprint density at radius 3 is 2.74 bits per heavy atom. The number of methoxy groups -OCH3 is 1.